The van der Waals surface area contributed by atoms with Gasteiger partial charge in [0.15, 0.2) is 10.7 Å². The lowest BCUT2D eigenvalue weighted by Gasteiger charge is -1.98. The third-order valence-corrected chi connectivity index (χ3v) is 4.97. The molecular formula is C14H17N2O3S2+. The van der Waals surface area contributed by atoms with Gasteiger partial charge in [-0.05, 0) is 13.8 Å². The number of ketones is 1. The maximum Gasteiger partial charge on any atom is 0.311 e. The molecular weight excluding hydrogens is 308 g/mol. The summed E-state index contributed by atoms with van der Waals surface area (Å²) in [5, 5.41) is 2.17. The van der Waals surface area contributed by atoms with E-state index in [1.165, 1.54) is 16.2 Å². The summed E-state index contributed by atoms with van der Waals surface area (Å²) < 4.78 is 6.79. The van der Waals surface area contributed by atoms with Crippen LogP contribution < -0.4 is 4.57 Å². The molecule has 0 fully saturated rings. The molecule has 0 radical (unpaired) electrons. The summed E-state index contributed by atoms with van der Waals surface area (Å²) in [7, 11) is 0. The van der Waals surface area contributed by atoms with Crippen molar-refractivity contribution in [1.82, 2.24) is 4.98 Å². The van der Waals surface area contributed by atoms with E-state index in [1.807, 2.05) is 23.9 Å². The molecule has 0 unspecified atom stereocenters. The number of hydrogen-bond acceptors (Lipinski definition) is 6. The molecule has 0 bridgehead atoms. The predicted molar refractivity (Wildman–Crippen MR) is 80.8 cm³/mol. The number of hydrogen-bond donors (Lipinski definition) is 0. The average Bonchev–Trinajstić information content (AvgIpc) is 3.01. The topological polar surface area (TPSA) is 60.1 Å². The Morgan fingerprint density at radius 2 is 2.10 bits per heavy atom. The molecule has 0 aliphatic carbocycles. The van der Waals surface area contributed by atoms with Crippen LogP contribution in [0.1, 0.15) is 33.0 Å². The van der Waals surface area contributed by atoms with E-state index in [4.69, 9.17) is 4.74 Å². The smallest absolute Gasteiger partial charge is 0.311 e. The molecule has 5 nitrogen and oxygen atoms in total. The number of aryl methyl sites for hydroxylation is 1. The Morgan fingerprint density at radius 1 is 1.33 bits per heavy atom. The molecule has 0 atom stereocenters. The second-order valence-electron chi connectivity index (χ2n) is 4.54. The van der Waals surface area contributed by atoms with E-state index in [0.29, 0.717) is 17.3 Å². The zero-order chi connectivity index (χ0) is 15.4. The van der Waals surface area contributed by atoms with E-state index in [9.17, 15) is 9.59 Å². The molecule has 0 amide bonds. The Hall–Kier alpha value is -1.60. The van der Waals surface area contributed by atoms with Crippen molar-refractivity contribution in [2.24, 2.45) is 0 Å². The Morgan fingerprint density at radius 3 is 2.71 bits per heavy atom. The third-order valence-electron chi connectivity index (χ3n) is 3.03. The van der Waals surface area contributed by atoms with Gasteiger partial charge in [-0.15, -0.1) is 11.3 Å². The van der Waals surface area contributed by atoms with Crippen LogP contribution in [0.2, 0.25) is 0 Å². The Bertz CT molecular complexity index is 661. The van der Waals surface area contributed by atoms with Crippen LogP contribution in [-0.2, 0) is 22.5 Å². The van der Waals surface area contributed by atoms with Crippen molar-refractivity contribution in [2.45, 2.75) is 33.7 Å². The summed E-state index contributed by atoms with van der Waals surface area (Å²) in [6.07, 6.45) is 0.112. The van der Waals surface area contributed by atoms with Crippen LogP contribution in [0, 0.1) is 13.8 Å². The molecule has 0 saturated heterocycles. The van der Waals surface area contributed by atoms with Crippen LogP contribution in [0.4, 0.5) is 0 Å². The molecule has 0 saturated carbocycles. The first-order chi connectivity index (χ1) is 10.0. The zero-order valence-electron chi connectivity index (χ0n) is 12.2. The minimum absolute atomic E-state index is 0.0407. The summed E-state index contributed by atoms with van der Waals surface area (Å²) in [5.41, 5.74) is 3.62. The van der Waals surface area contributed by atoms with Gasteiger partial charge in [0.05, 0.1) is 23.6 Å². The Kier molecular flexibility index (Phi) is 5.19. The van der Waals surface area contributed by atoms with Gasteiger partial charge in [-0.2, -0.15) is 4.57 Å². The number of ether oxygens (including phenoxy) is 1. The van der Waals surface area contributed by atoms with Crippen LogP contribution in [-0.4, -0.2) is 23.3 Å². The van der Waals surface area contributed by atoms with Gasteiger partial charge < -0.3 is 4.74 Å². The van der Waals surface area contributed by atoms with Crippen LogP contribution >= 0.6 is 22.7 Å². The first-order valence-electron chi connectivity index (χ1n) is 6.58. The van der Waals surface area contributed by atoms with Gasteiger partial charge in [0, 0.05) is 12.3 Å². The average molecular weight is 325 g/mol. The van der Waals surface area contributed by atoms with Crippen molar-refractivity contribution in [3.05, 3.63) is 32.2 Å². The molecule has 2 heterocycles. The largest absolute Gasteiger partial charge is 0.466 e. The highest BCUT2D eigenvalue weighted by Gasteiger charge is 2.20. The molecule has 0 spiro atoms. The standard InChI is InChI=1S/C14H17N2O3S2/c1-4-19-13(18)5-11-7-20-14(15-11)12(17)6-16-8-21-10(3)9(16)2/h7-8H,4-6H2,1-3H3/q+1. The lowest BCUT2D eigenvalue weighted by molar-refractivity contribution is -0.684. The van der Waals surface area contributed by atoms with Gasteiger partial charge in [0.1, 0.15) is 0 Å². The molecule has 2 aromatic heterocycles. The van der Waals surface area contributed by atoms with Crippen molar-refractivity contribution < 1.29 is 18.9 Å². The summed E-state index contributed by atoms with van der Waals surface area (Å²) in [6.45, 7) is 6.41. The SMILES string of the molecule is CCOC(=O)Cc1csc(C(=O)C[n+]2csc(C)c2C)n1. The van der Waals surface area contributed by atoms with Crippen molar-refractivity contribution in [3.63, 3.8) is 0 Å². The minimum Gasteiger partial charge on any atom is -0.466 e. The lowest BCUT2D eigenvalue weighted by Crippen LogP contribution is -2.38. The maximum absolute atomic E-state index is 12.2. The van der Waals surface area contributed by atoms with Crippen molar-refractivity contribution >= 4 is 34.4 Å². The number of thiazole rings is 2. The normalized spacial score (nSPS) is 10.6. The summed E-state index contributed by atoms with van der Waals surface area (Å²) in [6, 6.07) is 0. The van der Waals surface area contributed by atoms with Crippen molar-refractivity contribution in [1.29, 1.82) is 0 Å². The van der Waals surface area contributed by atoms with Crippen molar-refractivity contribution in [2.75, 3.05) is 6.61 Å². The van der Waals surface area contributed by atoms with Crippen LogP contribution in [0.5, 0.6) is 0 Å². The monoisotopic (exact) mass is 325 g/mol. The van der Waals surface area contributed by atoms with Gasteiger partial charge in [-0.3, -0.25) is 9.59 Å². The van der Waals surface area contributed by atoms with Crippen molar-refractivity contribution in [3.8, 4) is 0 Å². The molecule has 0 N–H and O–H groups in total. The third kappa shape index (κ3) is 3.95. The lowest BCUT2D eigenvalue weighted by atomic mass is 10.3. The van der Waals surface area contributed by atoms with Gasteiger partial charge in [0.25, 0.3) is 5.78 Å². The van der Waals surface area contributed by atoms with Gasteiger partial charge in [-0.25, -0.2) is 4.98 Å². The molecule has 0 aliphatic rings. The molecule has 7 heteroatoms. The Balaban J connectivity index is 2.02. The number of aromatic nitrogens is 2. The fourth-order valence-electron chi connectivity index (χ4n) is 1.76. The second-order valence-corrected chi connectivity index (χ2v) is 6.46. The van der Waals surface area contributed by atoms with Crippen LogP contribution in [0.3, 0.4) is 0 Å². The molecule has 2 rings (SSSR count). The number of Topliss-reactive ketones (excluding diaryl/α,β-unsaturated/α-hetero) is 1. The summed E-state index contributed by atoms with van der Waals surface area (Å²) in [4.78, 5) is 29.0. The predicted octanol–water partition coefficient (Wildman–Crippen LogP) is 2.10. The van der Waals surface area contributed by atoms with Crippen LogP contribution in [0.25, 0.3) is 0 Å². The summed E-state index contributed by atoms with van der Waals surface area (Å²) >= 11 is 2.89. The minimum atomic E-state index is -0.319. The molecule has 112 valence electrons. The quantitative estimate of drug-likeness (QED) is 0.463. The van der Waals surface area contributed by atoms with E-state index >= 15 is 0 Å². The molecule has 0 aliphatic heterocycles. The van der Waals surface area contributed by atoms with Gasteiger partial charge in [-0.1, -0.05) is 11.3 Å². The van der Waals surface area contributed by atoms with E-state index in [1.54, 1.807) is 23.6 Å². The molecule has 2 aromatic rings. The maximum atomic E-state index is 12.2. The molecule has 0 aromatic carbocycles. The number of carbonyl (C=O) groups is 2. The fraction of sp³-hybridized carbons (Fsp3) is 0.429. The number of rotatable bonds is 6. The van der Waals surface area contributed by atoms with Crippen LogP contribution in [0.15, 0.2) is 10.9 Å². The summed E-state index contributed by atoms with van der Waals surface area (Å²) in [5.74, 6) is -0.360. The number of carbonyl (C=O) groups excluding carboxylic acids is 2. The highest BCUT2D eigenvalue weighted by atomic mass is 32.1. The first kappa shape index (κ1) is 15.8. The number of esters is 1. The van der Waals surface area contributed by atoms with E-state index in [2.05, 4.69) is 4.98 Å². The molecule has 21 heavy (non-hydrogen) atoms. The number of nitrogens with zero attached hydrogens (tertiary/aromatic N) is 2. The highest BCUT2D eigenvalue weighted by molar-refractivity contribution is 7.11. The van der Waals surface area contributed by atoms with E-state index in [0.717, 1.165) is 5.69 Å². The highest BCUT2D eigenvalue weighted by Crippen LogP contribution is 2.13. The van der Waals surface area contributed by atoms with E-state index in [-0.39, 0.29) is 24.7 Å². The first-order valence-corrected chi connectivity index (χ1v) is 8.34. The van der Waals surface area contributed by atoms with Gasteiger partial charge in [0.2, 0.25) is 12.1 Å². The fourth-order valence-corrected chi connectivity index (χ4v) is 3.32. The van der Waals surface area contributed by atoms with E-state index < -0.39 is 0 Å². The second kappa shape index (κ2) is 6.91. The Labute approximate surface area is 131 Å². The zero-order valence-corrected chi connectivity index (χ0v) is 13.8. The van der Waals surface area contributed by atoms with Gasteiger partial charge >= 0.3 is 5.97 Å².